The van der Waals surface area contributed by atoms with Crippen molar-refractivity contribution in [3.8, 4) is 5.75 Å². The second-order valence-electron chi connectivity index (χ2n) is 27.0. The molecule has 3 fully saturated rings. The van der Waals surface area contributed by atoms with Gasteiger partial charge in [-0.2, -0.15) is 0 Å². The number of hydrogen-bond donors (Lipinski definition) is 18. The van der Waals surface area contributed by atoms with Crippen LogP contribution in [0.1, 0.15) is 119 Å². The van der Waals surface area contributed by atoms with Gasteiger partial charge in [0.25, 0.3) is 0 Å². The number of aryl methyl sites for hydroxylation is 1. The third-order valence-electron chi connectivity index (χ3n) is 18.4. The number of primary amides is 2. The van der Waals surface area contributed by atoms with E-state index in [4.69, 9.17) is 28.7 Å². The molecule has 2 saturated heterocycles. The van der Waals surface area contributed by atoms with Gasteiger partial charge in [-0.1, -0.05) is 94.6 Å². The molecule has 3 heterocycles. The number of aromatic hydroxyl groups is 1. The first-order valence-electron chi connectivity index (χ1n) is 35.5. The predicted molar refractivity (Wildman–Crippen MR) is 398 cm³/mol. The van der Waals surface area contributed by atoms with Gasteiger partial charge in [0, 0.05) is 99.2 Å². The summed E-state index contributed by atoms with van der Waals surface area (Å²) in [4.78, 5) is 207. The summed E-state index contributed by atoms with van der Waals surface area (Å²) in [6.07, 6.45) is 1.06. The number of nitrogens with one attached hydrogen (secondary N) is 11. The number of aromatic nitrogens is 1. The Bertz CT molecular complexity index is 3850. The van der Waals surface area contributed by atoms with Crippen molar-refractivity contribution in [3.63, 3.8) is 0 Å². The molecule has 3 aromatic carbocycles. The number of aliphatic carboxylic acids is 1. The van der Waals surface area contributed by atoms with E-state index in [0.29, 0.717) is 59.7 Å². The summed E-state index contributed by atoms with van der Waals surface area (Å²) in [6.45, 7) is 3.33. The zero-order chi connectivity index (χ0) is 77.9. The van der Waals surface area contributed by atoms with E-state index in [1.54, 1.807) is 61.7 Å². The van der Waals surface area contributed by atoms with Crippen LogP contribution in [-0.4, -0.2) is 206 Å². The number of amides is 13. The summed E-state index contributed by atoms with van der Waals surface area (Å²) in [5, 5.41) is 47.5. The van der Waals surface area contributed by atoms with Crippen LogP contribution in [-0.2, 0) is 86.4 Å². The number of carbonyl (C=O) groups excluding carboxylic acids is 13. The highest BCUT2D eigenvalue weighted by Gasteiger charge is 2.41. The van der Waals surface area contributed by atoms with Crippen LogP contribution < -0.4 is 81.8 Å². The van der Waals surface area contributed by atoms with Crippen molar-refractivity contribution in [2.45, 2.75) is 189 Å². The summed E-state index contributed by atoms with van der Waals surface area (Å²) < 4.78 is 0. The Labute approximate surface area is 625 Å². The molecule has 2 aliphatic heterocycles. The number of rotatable bonds is 24. The van der Waals surface area contributed by atoms with Gasteiger partial charge in [-0.25, -0.2) is 0 Å². The summed E-state index contributed by atoms with van der Waals surface area (Å²) >= 11 is 0. The fourth-order valence-electron chi connectivity index (χ4n) is 12.7. The smallest absolute Gasteiger partial charge is 0.303 e. The molecule has 0 radical (unpaired) electrons. The van der Waals surface area contributed by atoms with E-state index in [2.05, 4.69) is 63.1 Å². The van der Waals surface area contributed by atoms with Gasteiger partial charge in [0.15, 0.2) is 5.96 Å². The average Bonchev–Trinajstić information content (AvgIpc) is 1.74. The predicted octanol–water partition coefficient (Wildman–Crippen LogP) is -1.94. The maximum absolute atomic E-state index is 15.3. The summed E-state index contributed by atoms with van der Waals surface area (Å²) in [5.74, 6) is -14.4. The molecular formula is C71H98N18O16S2. The lowest BCUT2D eigenvalue weighted by Gasteiger charge is -2.30. The van der Waals surface area contributed by atoms with Crippen LogP contribution in [0.3, 0.4) is 0 Å². The van der Waals surface area contributed by atoms with E-state index < -0.39 is 188 Å². The standard InChI is InChI=1S/C71H98N18O16S2/c1-38-15-17-40(18-16-38)32-51-65(100)81-47(13-7-28-78-71(75)76)62(97)77-29-27-57(92)80-48(23-25-56(73)91)63(98)83-52(34-43-35-79-46-12-6-5-11-45(43)46)67(102)82-49(24-26-59(94)95)64(99)86-53(61(74)96)36-106-107-37-54(68(103)88-60(70(105)85-51)42-9-3-4-10-42)87-66(101)50(33-41-19-21-44(90)22-20-41)84-69(104)55-14-8-30-89(55)58(93)31-39(2)72/h5-6,11-12,15-22,35,39,42,47-55,60,79,90H,3-4,7-10,13-14,23-34,36-37,72H2,1-2H3,(H2,73,91)(H2,74,96)(H,77,97)(H,80,92)(H,81,100)(H,82,102)(H,83,98)(H,84,104)(H,85,105)(H,86,99)(H,87,101)(H,88,103)(H,94,95)(H4,75,76,78)/t39-,47-,48-,49-,50-,51-,52-,53+,54-,55-,60-/m0/s1. The van der Waals surface area contributed by atoms with Crippen LogP contribution >= 0.6 is 21.6 Å². The monoisotopic (exact) mass is 1520 g/mol. The first-order valence-corrected chi connectivity index (χ1v) is 38.0. The molecule has 11 atom stereocenters. The Morgan fingerprint density at radius 2 is 1.27 bits per heavy atom. The van der Waals surface area contributed by atoms with Gasteiger partial charge < -0.3 is 102 Å². The largest absolute Gasteiger partial charge is 0.508 e. The van der Waals surface area contributed by atoms with E-state index in [9.17, 15) is 63.0 Å². The third kappa shape index (κ3) is 26.8. The minimum Gasteiger partial charge on any atom is -0.508 e. The Kier molecular flexibility index (Phi) is 32.4. The van der Waals surface area contributed by atoms with Crippen LogP contribution in [0, 0.1) is 12.8 Å². The number of phenols is 1. The van der Waals surface area contributed by atoms with Crippen LogP contribution in [0.2, 0.25) is 0 Å². The van der Waals surface area contributed by atoms with E-state index in [0.717, 1.165) is 27.2 Å². The first kappa shape index (κ1) is 83.8. The highest BCUT2D eigenvalue weighted by Crippen LogP contribution is 2.30. The van der Waals surface area contributed by atoms with Crippen molar-refractivity contribution in [1.29, 1.82) is 0 Å². The van der Waals surface area contributed by atoms with Crippen molar-refractivity contribution < 1.29 is 77.3 Å². The quantitative estimate of drug-likeness (QED) is 0.0157. The lowest BCUT2D eigenvalue weighted by molar-refractivity contribution is -0.140. The molecule has 3 aliphatic rings. The number of carboxylic acid groups (broad SMARTS) is 1. The lowest BCUT2D eigenvalue weighted by Crippen LogP contribution is -2.61. The molecule has 4 aromatic rings. The van der Waals surface area contributed by atoms with Gasteiger partial charge in [-0.3, -0.25) is 72.1 Å². The highest BCUT2D eigenvalue weighted by molar-refractivity contribution is 8.76. The number of aromatic amines is 1. The van der Waals surface area contributed by atoms with Gasteiger partial charge in [0.1, 0.15) is 66.2 Å². The fraction of sp³-hybridized carbons (Fsp3) is 0.507. The zero-order valence-electron chi connectivity index (χ0n) is 59.7. The number of fused-ring (bicyclic) bond motifs is 1. The zero-order valence-corrected chi connectivity index (χ0v) is 61.3. The highest BCUT2D eigenvalue weighted by atomic mass is 33.1. The summed E-state index contributed by atoms with van der Waals surface area (Å²) in [7, 11) is 1.77. The fourth-order valence-corrected chi connectivity index (χ4v) is 15.0. The van der Waals surface area contributed by atoms with Crippen molar-refractivity contribution in [2.24, 2.45) is 39.6 Å². The minimum atomic E-state index is -1.74. The number of carbonyl (C=O) groups is 14. The number of likely N-dealkylation sites (tertiary alicyclic amines) is 1. The van der Waals surface area contributed by atoms with E-state index in [1.807, 2.05) is 6.92 Å². The van der Waals surface area contributed by atoms with Crippen molar-refractivity contribution >= 4 is 121 Å². The minimum absolute atomic E-state index is 0.00700. The van der Waals surface area contributed by atoms with Gasteiger partial charge in [0.2, 0.25) is 76.8 Å². The molecule has 1 saturated carbocycles. The van der Waals surface area contributed by atoms with Crippen LogP contribution in [0.15, 0.2) is 84.0 Å². The molecule has 36 heteroatoms. The van der Waals surface area contributed by atoms with E-state index in [1.165, 1.54) is 29.2 Å². The van der Waals surface area contributed by atoms with E-state index in [-0.39, 0.29) is 87.2 Å². The Hall–Kier alpha value is -10.5. The molecule has 107 heavy (non-hydrogen) atoms. The molecule has 0 unspecified atom stereocenters. The topological polar surface area (TPSA) is 561 Å². The van der Waals surface area contributed by atoms with Crippen LogP contribution in [0.25, 0.3) is 10.9 Å². The molecule has 23 N–H and O–H groups in total. The Morgan fingerprint density at radius 1 is 0.664 bits per heavy atom. The van der Waals surface area contributed by atoms with Gasteiger partial charge >= 0.3 is 5.97 Å². The number of aliphatic imine (C=N–C) groups is 1. The number of carboxylic acids is 1. The maximum atomic E-state index is 15.3. The molecule has 1 aliphatic carbocycles. The number of benzene rings is 3. The first-order chi connectivity index (χ1) is 51.0. The number of hydrogen-bond acceptors (Lipinski definition) is 19. The molecular weight excluding hydrogens is 1430 g/mol. The van der Waals surface area contributed by atoms with Crippen molar-refractivity contribution in [2.75, 3.05) is 31.1 Å². The maximum Gasteiger partial charge on any atom is 0.303 e. The van der Waals surface area contributed by atoms with Crippen molar-refractivity contribution in [1.82, 2.24) is 63.1 Å². The van der Waals surface area contributed by atoms with Gasteiger partial charge in [-0.05, 0) is 106 Å². The molecule has 7 rings (SSSR count). The number of guanidine groups is 1. The van der Waals surface area contributed by atoms with Gasteiger partial charge in [-0.15, -0.1) is 0 Å². The molecule has 0 spiro atoms. The van der Waals surface area contributed by atoms with Gasteiger partial charge in [0.05, 0.1) is 0 Å². The molecule has 34 nitrogen and oxygen atoms in total. The molecule has 580 valence electrons. The molecule has 0 bridgehead atoms. The SMILES string of the molecule is Cc1ccc(C[C@@H]2NC(=O)[C@H](C3CCCC3)NC(=O)[C@@H](NC(=O)[C@H](Cc3ccc(O)cc3)NC(=O)[C@@H]3CCCN3C(=O)C[C@H](C)N)CSSC[C@H](C(N)=O)NC(=O)[C@H](CCC(=O)O)NC(=O)[C@H](Cc3c[nH]c4ccccc34)NC(=O)[C@H](CCC(N)=O)NC(=O)CCNC(=O)[C@H](CCCN=C(N)N)NC2=O)cc1. The Morgan fingerprint density at radius 3 is 1.93 bits per heavy atom. The second-order valence-corrected chi connectivity index (χ2v) is 29.6. The number of para-hydroxylation sites is 1. The average molecular weight is 1520 g/mol. The normalized spacial score (nSPS) is 23.1. The third-order valence-corrected chi connectivity index (χ3v) is 20.9. The lowest BCUT2D eigenvalue weighted by atomic mass is 9.95. The van der Waals surface area contributed by atoms with Crippen LogP contribution in [0.4, 0.5) is 0 Å². The number of H-pyrrole nitrogens is 1. The number of phenolic OH excluding ortho intramolecular Hbond substituents is 1. The van der Waals surface area contributed by atoms with Crippen LogP contribution in [0.5, 0.6) is 5.75 Å². The summed E-state index contributed by atoms with van der Waals surface area (Å²) in [6, 6.07) is 4.43. The molecule has 1 aromatic heterocycles. The number of nitrogens with zero attached hydrogens (tertiary/aromatic N) is 2. The Balaban J connectivity index is 1.28. The van der Waals surface area contributed by atoms with Crippen molar-refractivity contribution in [3.05, 3.63) is 101 Å². The summed E-state index contributed by atoms with van der Waals surface area (Å²) in [5.41, 5.74) is 31.6. The van der Waals surface area contributed by atoms with E-state index >= 15 is 14.4 Å². The second kappa shape index (κ2) is 41.4. The number of nitrogens with two attached hydrogens (primary N) is 5. The molecule has 13 amide bonds.